The standard InChI is InChI=1S/C78H76BN3S2/c1-12-49-22-17-18-25-60(49)62-48-63-71(46-50(62)13-2)84-75-74(63)81(58-40-34-55(35-41-58)78(9,10)11)67-44-52(51-23-15-14-16-24-51)45-68-73(67)79(75)64-43-42-59(47-66(64)82(68)65-27-21-29-70-72(65)61-26-19-20-28-69(61)83-70)80(56-36-30-53(31-37-56)76(3,4)5)57-38-32-54(33-39-57)77(6,7)8/h15,17-42,44-48,64H,12-14,16,43H2,1-11H3. The Morgan fingerprint density at radius 2 is 1.15 bits per heavy atom. The first-order valence-corrected chi connectivity index (χ1v) is 32.4. The van der Waals surface area contributed by atoms with Crippen LogP contribution in [0.5, 0.6) is 0 Å². The van der Waals surface area contributed by atoms with Crippen molar-refractivity contribution in [2.75, 3.05) is 14.7 Å². The number of fused-ring (bicyclic) bond motifs is 9. The predicted octanol–water partition coefficient (Wildman–Crippen LogP) is 21.6. The number of thiophene rings is 2. The lowest BCUT2D eigenvalue weighted by Gasteiger charge is -2.48. The van der Waals surface area contributed by atoms with E-state index < -0.39 is 0 Å². The van der Waals surface area contributed by atoms with E-state index in [1.807, 2.05) is 22.7 Å². The molecule has 2 aliphatic heterocycles. The molecule has 84 heavy (non-hydrogen) atoms. The molecule has 0 saturated heterocycles. The third-order valence-electron chi connectivity index (χ3n) is 18.5. The summed E-state index contributed by atoms with van der Waals surface area (Å²) in [5.41, 5.74) is 24.6. The van der Waals surface area contributed by atoms with Gasteiger partial charge in [-0.1, -0.05) is 185 Å². The number of aryl methyl sites for hydroxylation is 2. The zero-order valence-corrected chi connectivity index (χ0v) is 52.5. The third kappa shape index (κ3) is 9.13. The van der Waals surface area contributed by atoms with Crippen molar-refractivity contribution in [3.05, 3.63) is 239 Å². The van der Waals surface area contributed by atoms with E-state index in [0.29, 0.717) is 0 Å². The van der Waals surface area contributed by atoms with E-state index in [4.69, 9.17) is 0 Å². The van der Waals surface area contributed by atoms with Gasteiger partial charge in [0.2, 0.25) is 6.71 Å². The zero-order valence-electron chi connectivity index (χ0n) is 50.8. The normalized spacial score (nSPS) is 16.0. The van der Waals surface area contributed by atoms with Gasteiger partial charge in [0.05, 0.1) is 11.4 Å². The van der Waals surface area contributed by atoms with Crippen LogP contribution in [0.2, 0.25) is 5.82 Å². The second-order valence-corrected chi connectivity index (χ2v) is 29.1. The zero-order chi connectivity index (χ0) is 58.0. The Kier molecular flexibility index (Phi) is 13.3. The van der Waals surface area contributed by atoms with Gasteiger partial charge in [0, 0.05) is 74.9 Å². The molecule has 0 bridgehead atoms. The van der Waals surface area contributed by atoms with Gasteiger partial charge in [0.25, 0.3) is 0 Å². The van der Waals surface area contributed by atoms with Crippen LogP contribution in [-0.4, -0.2) is 6.71 Å². The molecule has 418 valence electrons. The second-order valence-electron chi connectivity index (χ2n) is 26.9. The molecule has 8 aromatic carbocycles. The fourth-order valence-corrected chi connectivity index (χ4v) is 16.5. The van der Waals surface area contributed by atoms with E-state index in [9.17, 15) is 0 Å². The largest absolute Gasteiger partial charge is 0.314 e. The SMILES string of the molecule is CCc1ccccc1-c1cc2c3c(sc2cc1CC)B1c2c(cc(C4=CCCC=C4)cc2N3c2ccc(C(C)(C)C)cc2)N(c2cccc3sc4ccccc4c23)C2=CC(N(c3ccc(C(C)(C)C)cc3)c3ccc(C(C)(C)C)cc3)=CCC12. The van der Waals surface area contributed by atoms with Crippen LogP contribution in [-0.2, 0) is 29.1 Å². The molecule has 2 aliphatic carbocycles. The average molecular weight is 1130 g/mol. The Balaban J connectivity index is 1.09. The molecule has 4 aliphatic rings. The quantitative estimate of drug-likeness (QED) is 0.133. The van der Waals surface area contributed by atoms with Crippen molar-refractivity contribution in [3.8, 4) is 11.1 Å². The minimum Gasteiger partial charge on any atom is -0.314 e. The number of nitrogens with zero attached hydrogens (tertiary/aromatic N) is 3. The first-order valence-electron chi connectivity index (χ1n) is 30.7. The van der Waals surface area contributed by atoms with Gasteiger partial charge in [-0.15, -0.1) is 22.7 Å². The van der Waals surface area contributed by atoms with Gasteiger partial charge in [0.15, 0.2) is 0 Å². The van der Waals surface area contributed by atoms with Gasteiger partial charge >= 0.3 is 0 Å². The summed E-state index contributed by atoms with van der Waals surface area (Å²) in [6, 6.07) is 64.0. The first kappa shape index (κ1) is 54.3. The molecule has 2 aromatic heterocycles. The Hall–Kier alpha value is -7.64. The molecule has 3 nitrogen and oxygen atoms in total. The minimum atomic E-state index is 0.00747. The Morgan fingerprint density at radius 1 is 0.536 bits per heavy atom. The van der Waals surface area contributed by atoms with Crippen LogP contribution in [0.15, 0.2) is 206 Å². The fourth-order valence-electron chi connectivity index (χ4n) is 14.0. The van der Waals surface area contributed by atoms with Crippen LogP contribution in [0.1, 0.15) is 129 Å². The molecule has 4 heterocycles. The van der Waals surface area contributed by atoms with Crippen molar-refractivity contribution in [3.63, 3.8) is 0 Å². The molecule has 1 atom stereocenters. The molecule has 0 amide bonds. The van der Waals surface area contributed by atoms with E-state index in [0.717, 1.165) is 43.5 Å². The summed E-state index contributed by atoms with van der Waals surface area (Å²) >= 11 is 3.96. The van der Waals surface area contributed by atoms with Crippen LogP contribution in [0.25, 0.3) is 47.0 Å². The van der Waals surface area contributed by atoms with E-state index in [2.05, 4.69) is 285 Å². The minimum absolute atomic E-state index is 0.00747. The number of benzene rings is 8. The molecule has 0 N–H and O–H groups in total. The molecule has 0 radical (unpaired) electrons. The molecule has 14 rings (SSSR count). The lowest BCUT2D eigenvalue weighted by molar-refractivity contribution is 0.590. The van der Waals surface area contributed by atoms with E-state index >= 15 is 0 Å². The Morgan fingerprint density at radius 3 is 1.80 bits per heavy atom. The Bertz CT molecular complexity index is 4310. The van der Waals surface area contributed by atoms with Crippen LogP contribution >= 0.6 is 22.7 Å². The maximum absolute atomic E-state index is 2.75. The smallest absolute Gasteiger partial charge is 0.239 e. The van der Waals surface area contributed by atoms with Crippen molar-refractivity contribution in [1.82, 2.24) is 0 Å². The highest BCUT2D eigenvalue weighted by Crippen LogP contribution is 2.56. The Labute approximate surface area is 507 Å². The molecule has 10 aromatic rings. The molecule has 0 fully saturated rings. The molecular weight excluding hydrogens is 1050 g/mol. The maximum Gasteiger partial charge on any atom is 0.239 e. The monoisotopic (exact) mass is 1130 g/mol. The highest BCUT2D eigenvalue weighted by Gasteiger charge is 2.50. The predicted molar refractivity (Wildman–Crippen MR) is 369 cm³/mol. The van der Waals surface area contributed by atoms with Crippen molar-refractivity contribution in [1.29, 1.82) is 0 Å². The molecule has 0 spiro atoms. The molecular formula is C78H76BN3S2. The third-order valence-corrected chi connectivity index (χ3v) is 20.9. The van der Waals surface area contributed by atoms with Crippen LogP contribution in [0.4, 0.5) is 39.8 Å². The summed E-state index contributed by atoms with van der Waals surface area (Å²) in [5.74, 6) is 0.108. The first-order chi connectivity index (χ1) is 40.5. The van der Waals surface area contributed by atoms with Crippen LogP contribution in [0.3, 0.4) is 0 Å². The summed E-state index contributed by atoms with van der Waals surface area (Å²) in [7, 11) is 0. The lowest BCUT2D eigenvalue weighted by atomic mass is 9.31. The van der Waals surface area contributed by atoms with E-state index in [1.165, 1.54) is 130 Å². The highest BCUT2D eigenvalue weighted by atomic mass is 32.1. The van der Waals surface area contributed by atoms with Gasteiger partial charge in [-0.3, -0.25) is 0 Å². The van der Waals surface area contributed by atoms with Gasteiger partial charge < -0.3 is 14.7 Å². The fraction of sp³-hybridized carbons (Fsp3) is 0.256. The lowest BCUT2D eigenvalue weighted by Crippen LogP contribution is -2.57. The summed E-state index contributed by atoms with van der Waals surface area (Å²) < 4.78 is 5.43. The van der Waals surface area contributed by atoms with E-state index in [-0.39, 0.29) is 28.8 Å². The van der Waals surface area contributed by atoms with Gasteiger partial charge in [0.1, 0.15) is 0 Å². The topological polar surface area (TPSA) is 9.72 Å². The number of allylic oxidation sites excluding steroid dienone is 7. The summed E-state index contributed by atoms with van der Waals surface area (Å²) in [6.45, 7) is 25.6. The van der Waals surface area contributed by atoms with Gasteiger partial charge in [-0.2, -0.15) is 0 Å². The number of anilines is 7. The van der Waals surface area contributed by atoms with Crippen LogP contribution < -0.4 is 24.9 Å². The van der Waals surface area contributed by atoms with Crippen molar-refractivity contribution < 1.29 is 0 Å². The highest BCUT2D eigenvalue weighted by molar-refractivity contribution is 7.32. The summed E-state index contributed by atoms with van der Waals surface area (Å²) in [6.07, 6.45) is 17.3. The number of rotatable bonds is 9. The maximum atomic E-state index is 2.75. The number of hydrogen-bond donors (Lipinski definition) is 0. The molecule has 6 heteroatoms. The van der Waals surface area contributed by atoms with E-state index in [1.54, 1.807) is 0 Å². The molecule has 1 unspecified atom stereocenters. The van der Waals surface area contributed by atoms with Crippen molar-refractivity contribution >= 4 is 115 Å². The average Bonchev–Trinajstić information content (AvgIpc) is 1.89. The van der Waals surface area contributed by atoms with Gasteiger partial charge in [-0.05, 0) is 195 Å². The summed E-state index contributed by atoms with van der Waals surface area (Å²) in [5, 5.41) is 3.96. The summed E-state index contributed by atoms with van der Waals surface area (Å²) in [4.78, 5) is 7.99. The van der Waals surface area contributed by atoms with Crippen LogP contribution in [0, 0.1) is 0 Å². The van der Waals surface area contributed by atoms with Gasteiger partial charge in [-0.25, -0.2) is 0 Å². The second kappa shape index (κ2) is 20.6. The van der Waals surface area contributed by atoms with Crippen molar-refractivity contribution in [2.45, 2.75) is 130 Å². The van der Waals surface area contributed by atoms with Crippen molar-refractivity contribution in [2.24, 2.45) is 0 Å². The molecule has 0 saturated carbocycles. The number of hydrogen-bond acceptors (Lipinski definition) is 5.